The van der Waals surface area contributed by atoms with E-state index in [-0.39, 0.29) is 12.4 Å². The summed E-state index contributed by atoms with van der Waals surface area (Å²) in [5.74, 6) is 0.428. The van der Waals surface area contributed by atoms with Crippen LogP contribution in [0.15, 0.2) is 79.9 Å². The maximum absolute atomic E-state index is 13.6. The second-order valence-corrected chi connectivity index (χ2v) is 6.29. The van der Waals surface area contributed by atoms with Crippen LogP contribution in [0, 0.1) is 5.82 Å². The van der Waals surface area contributed by atoms with Gasteiger partial charge in [0.2, 0.25) is 0 Å². The largest absolute Gasteiger partial charge is 0.489 e. The molecule has 0 amide bonds. The van der Waals surface area contributed by atoms with E-state index in [9.17, 15) is 4.39 Å². The number of benzene rings is 2. The van der Waals surface area contributed by atoms with Gasteiger partial charge in [-0.15, -0.1) is 0 Å². The van der Waals surface area contributed by atoms with Crippen molar-refractivity contribution in [1.82, 2.24) is 19.7 Å². The highest BCUT2D eigenvalue weighted by molar-refractivity contribution is 5.70. The lowest BCUT2D eigenvalue weighted by atomic mass is 10.2. The molecule has 140 valence electrons. The summed E-state index contributed by atoms with van der Waals surface area (Å²) in [6.45, 7) is 4.86. The lowest BCUT2D eigenvalue weighted by Gasteiger charge is -2.11. The minimum atomic E-state index is -0.261. The Morgan fingerprint density at radius 2 is 1.79 bits per heavy atom. The average Bonchev–Trinajstić information content (AvgIpc) is 3.21. The molecule has 0 saturated carbocycles. The molecule has 28 heavy (non-hydrogen) atoms. The Morgan fingerprint density at radius 3 is 2.57 bits per heavy atom. The van der Waals surface area contributed by atoms with E-state index < -0.39 is 0 Å². The monoisotopic (exact) mass is 374 g/mol. The second-order valence-electron chi connectivity index (χ2n) is 6.29. The highest BCUT2D eigenvalue weighted by Crippen LogP contribution is 2.17. The zero-order chi connectivity index (χ0) is 19.3. The van der Waals surface area contributed by atoms with Crippen molar-refractivity contribution in [2.24, 2.45) is 0 Å². The molecule has 4 rings (SSSR count). The topological polar surface area (TPSA) is 51.5 Å². The van der Waals surface area contributed by atoms with Crippen LogP contribution in [0.2, 0.25) is 0 Å². The number of imidazole rings is 1. The Kier molecular flexibility index (Phi) is 5.01. The maximum Gasteiger partial charge on any atom is 0.164 e. The van der Waals surface area contributed by atoms with Crippen molar-refractivity contribution in [3.8, 4) is 5.75 Å². The van der Waals surface area contributed by atoms with Gasteiger partial charge in [0, 0.05) is 36.9 Å². The van der Waals surface area contributed by atoms with Gasteiger partial charge in [-0.05, 0) is 23.8 Å². The molecule has 2 heterocycles. The number of aromatic nitrogens is 3. The molecule has 0 radical (unpaired) electrons. The van der Waals surface area contributed by atoms with Gasteiger partial charge in [0.1, 0.15) is 23.9 Å². The summed E-state index contributed by atoms with van der Waals surface area (Å²) in [5, 5.41) is 3.28. The van der Waals surface area contributed by atoms with Crippen LogP contribution in [0.1, 0.15) is 16.8 Å². The summed E-state index contributed by atoms with van der Waals surface area (Å²) in [4.78, 5) is 8.68. The fourth-order valence-corrected chi connectivity index (χ4v) is 2.84. The molecule has 5 nitrogen and oxygen atoms in total. The Bertz CT molecular complexity index is 1100. The Balaban J connectivity index is 1.35. The lowest BCUT2D eigenvalue weighted by Crippen LogP contribution is -2.13. The van der Waals surface area contributed by atoms with Crippen LogP contribution < -0.4 is 10.1 Å². The Hall–Kier alpha value is -3.67. The van der Waals surface area contributed by atoms with Gasteiger partial charge < -0.3 is 14.5 Å². The van der Waals surface area contributed by atoms with Crippen LogP contribution in [-0.2, 0) is 13.2 Å². The number of nitrogens with zero attached hydrogens (tertiary/aromatic N) is 3. The molecule has 4 aromatic rings. The van der Waals surface area contributed by atoms with Crippen molar-refractivity contribution in [3.63, 3.8) is 0 Å². The number of hydrogen-bond acceptors (Lipinski definition) is 4. The molecule has 0 aliphatic rings. The lowest BCUT2D eigenvalue weighted by molar-refractivity contribution is 0.300. The predicted octanol–water partition coefficient (Wildman–Crippen LogP) is 4.21. The van der Waals surface area contributed by atoms with Gasteiger partial charge in [-0.1, -0.05) is 36.9 Å². The highest BCUT2D eigenvalue weighted by atomic mass is 19.1. The van der Waals surface area contributed by atoms with E-state index in [1.165, 1.54) is 6.07 Å². The van der Waals surface area contributed by atoms with Gasteiger partial charge in [0.25, 0.3) is 0 Å². The quantitative estimate of drug-likeness (QED) is 0.527. The molecule has 6 heteroatoms. The molecule has 0 bridgehead atoms. The smallest absolute Gasteiger partial charge is 0.164 e. The summed E-state index contributed by atoms with van der Waals surface area (Å²) in [5.41, 5.74) is 3.78. The van der Waals surface area contributed by atoms with Crippen LogP contribution in [0.5, 0.6) is 5.75 Å². The van der Waals surface area contributed by atoms with Crippen LogP contribution in [0.25, 0.3) is 11.3 Å². The van der Waals surface area contributed by atoms with Crippen LogP contribution in [-0.4, -0.2) is 14.4 Å². The molecule has 0 saturated heterocycles. The first-order chi connectivity index (χ1) is 13.7. The Labute approximate surface area is 162 Å². The van der Waals surface area contributed by atoms with Crippen molar-refractivity contribution in [1.29, 1.82) is 0 Å². The molecule has 0 atom stereocenters. The second kappa shape index (κ2) is 7.92. The van der Waals surface area contributed by atoms with Gasteiger partial charge in [-0.25, -0.2) is 14.4 Å². The van der Waals surface area contributed by atoms with Crippen LogP contribution in [0.4, 0.5) is 4.39 Å². The highest BCUT2D eigenvalue weighted by Gasteiger charge is 2.08. The van der Waals surface area contributed by atoms with Gasteiger partial charge in [-0.3, -0.25) is 0 Å². The molecule has 0 aliphatic carbocycles. The normalized spacial score (nSPS) is 10.8. The molecule has 0 aliphatic heterocycles. The van der Waals surface area contributed by atoms with E-state index in [1.54, 1.807) is 30.6 Å². The van der Waals surface area contributed by atoms with E-state index in [1.807, 2.05) is 41.1 Å². The third kappa shape index (κ3) is 3.86. The number of rotatable bonds is 7. The third-order valence-electron chi connectivity index (χ3n) is 4.38. The van der Waals surface area contributed by atoms with Crippen LogP contribution in [0.3, 0.4) is 0 Å². The van der Waals surface area contributed by atoms with Crippen molar-refractivity contribution in [3.05, 3.63) is 103 Å². The molecule has 0 spiro atoms. The molecule has 1 N–H and O–H groups in total. The summed E-state index contributed by atoms with van der Waals surface area (Å²) in [6, 6.07) is 14.3. The number of nitrogens with one attached hydrogen (secondary N) is 1. The van der Waals surface area contributed by atoms with Crippen molar-refractivity contribution < 1.29 is 9.13 Å². The van der Waals surface area contributed by atoms with E-state index in [2.05, 4.69) is 21.9 Å². The van der Waals surface area contributed by atoms with Crippen molar-refractivity contribution in [2.45, 2.75) is 13.2 Å². The molecule has 0 unspecified atom stereocenters. The SMILES string of the molecule is C=C(NCc1ccc(OCc2ccccc2F)cc1)c1nccn2ccnc12. The van der Waals surface area contributed by atoms with Gasteiger partial charge in [0.15, 0.2) is 5.65 Å². The van der Waals surface area contributed by atoms with Crippen molar-refractivity contribution in [2.75, 3.05) is 0 Å². The van der Waals surface area contributed by atoms with Gasteiger partial charge >= 0.3 is 0 Å². The van der Waals surface area contributed by atoms with E-state index in [0.29, 0.717) is 23.6 Å². The standard InChI is InChI=1S/C22H19FN4O/c1-16(21-22-25-11-13-27(22)12-10-24-21)26-14-17-6-8-19(9-7-17)28-15-18-4-2-3-5-20(18)23/h2-13,26H,1,14-15H2. The first-order valence-corrected chi connectivity index (χ1v) is 8.86. The number of hydrogen-bond donors (Lipinski definition) is 1. The Morgan fingerprint density at radius 1 is 1.04 bits per heavy atom. The van der Waals surface area contributed by atoms with E-state index >= 15 is 0 Å². The number of halogens is 1. The molecule has 2 aromatic heterocycles. The van der Waals surface area contributed by atoms with E-state index in [0.717, 1.165) is 16.9 Å². The fraction of sp³-hybridized carbons (Fsp3) is 0.0909. The first-order valence-electron chi connectivity index (χ1n) is 8.86. The summed E-state index contributed by atoms with van der Waals surface area (Å²) >= 11 is 0. The predicted molar refractivity (Wildman–Crippen MR) is 106 cm³/mol. The van der Waals surface area contributed by atoms with Crippen molar-refractivity contribution >= 4 is 11.3 Å². The van der Waals surface area contributed by atoms with Gasteiger partial charge in [-0.2, -0.15) is 0 Å². The zero-order valence-corrected chi connectivity index (χ0v) is 15.2. The number of ether oxygens (including phenoxy) is 1. The minimum absolute atomic E-state index is 0.196. The fourth-order valence-electron chi connectivity index (χ4n) is 2.84. The minimum Gasteiger partial charge on any atom is -0.489 e. The summed E-state index contributed by atoms with van der Waals surface area (Å²) in [6.07, 6.45) is 7.17. The molecular formula is C22H19FN4O. The van der Waals surface area contributed by atoms with Crippen LogP contribution >= 0.6 is 0 Å². The third-order valence-corrected chi connectivity index (χ3v) is 4.38. The summed E-state index contributed by atoms with van der Waals surface area (Å²) in [7, 11) is 0. The molecule has 0 fully saturated rings. The van der Waals surface area contributed by atoms with Gasteiger partial charge in [0.05, 0.1) is 5.70 Å². The first kappa shape index (κ1) is 17.7. The summed E-state index contributed by atoms with van der Waals surface area (Å²) < 4.78 is 21.2. The zero-order valence-electron chi connectivity index (χ0n) is 15.2. The molecule has 2 aromatic carbocycles. The maximum atomic E-state index is 13.6. The average molecular weight is 374 g/mol. The number of fused-ring (bicyclic) bond motifs is 1. The molecular weight excluding hydrogens is 355 g/mol. The van der Waals surface area contributed by atoms with E-state index in [4.69, 9.17) is 4.74 Å².